The highest BCUT2D eigenvalue weighted by Crippen LogP contribution is 2.20. The van der Waals surface area contributed by atoms with E-state index in [1.807, 2.05) is 13.8 Å². The molecular formula is C12H24O4Si. The van der Waals surface area contributed by atoms with Crippen LogP contribution < -0.4 is 0 Å². The van der Waals surface area contributed by atoms with Gasteiger partial charge in [0.2, 0.25) is 0 Å². The molecule has 1 unspecified atom stereocenters. The first kappa shape index (κ1) is 16.5. The number of rotatable bonds is 10. The van der Waals surface area contributed by atoms with Crippen LogP contribution in [0.15, 0.2) is 12.7 Å². The van der Waals surface area contributed by atoms with Gasteiger partial charge in [0.25, 0.3) is 0 Å². The maximum Gasteiger partial charge on any atom is 0.501 e. The van der Waals surface area contributed by atoms with Crippen LogP contribution in [0.5, 0.6) is 0 Å². The minimum absolute atomic E-state index is 0.103. The number of ketones is 1. The third-order valence-corrected chi connectivity index (χ3v) is 5.57. The zero-order valence-electron chi connectivity index (χ0n) is 11.3. The summed E-state index contributed by atoms with van der Waals surface area (Å²) in [4.78, 5) is 11.7. The normalized spacial score (nSPS) is 13.4. The van der Waals surface area contributed by atoms with Gasteiger partial charge in [-0.15, -0.1) is 0 Å². The van der Waals surface area contributed by atoms with E-state index in [2.05, 4.69) is 6.58 Å². The summed E-state index contributed by atoms with van der Waals surface area (Å²) < 4.78 is 16.7. The van der Waals surface area contributed by atoms with E-state index in [0.717, 1.165) is 12.8 Å². The molecule has 0 aromatic carbocycles. The quantitative estimate of drug-likeness (QED) is 0.447. The van der Waals surface area contributed by atoms with Crippen molar-refractivity contribution >= 4 is 14.6 Å². The molecule has 0 saturated carbocycles. The van der Waals surface area contributed by atoms with E-state index < -0.39 is 14.9 Å². The van der Waals surface area contributed by atoms with E-state index in [9.17, 15) is 4.79 Å². The largest absolute Gasteiger partial charge is 0.501 e. The molecule has 0 radical (unpaired) electrons. The molecule has 0 aliphatic rings. The molecule has 0 heterocycles. The molecule has 0 fully saturated rings. The molecule has 1 atom stereocenters. The molecule has 0 aromatic heterocycles. The van der Waals surface area contributed by atoms with Gasteiger partial charge in [-0.2, -0.15) is 0 Å². The van der Waals surface area contributed by atoms with Crippen molar-refractivity contribution in [3.05, 3.63) is 12.7 Å². The lowest BCUT2D eigenvalue weighted by Crippen LogP contribution is -2.48. The van der Waals surface area contributed by atoms with Crippen LogP contribution in [0.2, 0.25) is 6.04 Å². The maximum absolute atomic E-state index is 11.7. The van der Waals surface area contributed by atoms with Crippen LogP contribution >= 0.6 is 0 Å². The van der Waals surface area contributed by atoms with Crippen LogP contribution in [0.25, 0.3) is 0 Å². The van der Waals surface area contributed by atoms with Crippen molar-refractivity contribution in [3.63, 3.8) is 0 Å². The third-order valence-electron chi connectivity index (χ3n) is 2.57. The SMILES string of the molecule is C=CC(=O)C(CCC)O[Si](CCC)(OC)OC. The van der Waals surface area contributed by atoms with Gasteiger partial charge >= 0.3 is 8.80 Å². The van der Waals surface area contributed by atoms with Gasteiger partial charge in [-0.1, -0.05) is 33.3 Å². The Morgan fingerprint density at radius 2 is 1.88 bits per heavy atom. The third kappa shape index (κ3) is 5.12. The number of carbonyl (C=O) groups excluding carboxylic acids is 1. The Bertz CT molecular complexity index is 239. The average Bonchev–Trinajstić information content (AvgIpc) is 2.36. The van der Waals surface area contributed by atoms with E-state index >= 15 is 0 Å². The number of carbonyl (C=O) groups is 1. The topological polar surface area (TPSA) is 44.8 Å². The first-order valence-corrected chi connectivity index (χ1v) is 7.96. The summed E-state index contributed by atoms with van der Waals surface area (Å²) in [5.41, 5.74) is 0. The van der Waals surface area contributed by atoms with Gasteiger partial charge in [-0.25, -0.2) is 0 Å². The highest BCUT2D eigenvalue weighted by molar-refractivity contribution is 6.60. The van der Waals surface area contributed by atoms with Crippen LogP contribution in [0.4, 0.5) is 0 Å². The van der Waals surface area contributed by atoms with Crippen molar-refractivity contribution < 1.29 is 18.1 Å². The van der Waals surface area contributed by atoms with Crippen molar-refractivity contribution in [2.75, 3.05) is 14.2 Å². The maximum atomic E-state index is 11.7. The van der Waals surface area contributed by atoms with Crippen LogP contribution in [0, 0.1) is 0 Å². The molecule has 0 aliphatic heterocycles. The molecule has 0 amide bonds. The molecule has 0 N–H and O–H groups in total. The second-order valence-electron chi connectivity index (χ2n) is 3.84. The highest BCUT2D eigenvalue weighted by Gasteiger charge is 2.41. The molecule has 0 saturated heterocycles. The van der Waals surface area contributed by atoms with Crippen molar-refractivity contribution in [2.45, 2.75) is 45.3 Å². The lowest BCUT2D eigenvalue weighted by atomic mass is 10.1. The summed E-state index contributed by atoms with van der Waals surface area (Å²) >= 11 is 0. The van der Waals surface area contributed by atoms with Crippen molar-refractivity contribution in [1.29, 1.82) is 0 Å². The Kier molecular flexibility index (Phi) is 8.33. The van der Waals surface area contributed by atoms with E-state index in [4.69, 9.17) is 13.3 Å². The zero-order valence-corrected chi connectivity index (χ0v) is 12.3. The first-order chi connectivity index (χ1) is 8.09. The minimum Gasteiger partial charge on any atom is -0.377 e. The van der Waals surface area contributed by atoms with E-state index in [1.54, 1.807) is 14.2 Å². The predicted octanol–water partition coefficient (Wildman–Crippen LogP) is 2.57. The minimum atomic E-state index is -2.69. The molecule has 100 valence electrons. The second kappa shape index (κ2) is 8.58. The summed E-state index contributed by atoms with van der Waals surface area (Å²) in [7, 11) is 0.461. The Hall–Kier alpha value is -0.493. The van der Waals surface area contributed by atoms with E-state index in [-0.39, 0.29) is 5.78 Å². The summed E-state index contributed by atoms with van der Waals surface area (Å²) in [6.45, 7) is 7.54. The molecule has 17 heavy (non-hydrogen) atoms. The fraction of sp³-hybridized carbons (Fsp3) is 0.750. The molecule has 5 heteroatoms. The second-order valence-corrected chi connectivity index (χ2v) is 6.76. The molecule has 4 nitrogen and oxygen atoms in total. The van der Waals surface area contributed by atoms with Gasteiger partial charge in [-0.3, -0.25) is 4.79 Å². The summed E-state index contributed by atoms with van der Waals surface area (Å²) in [6, 6.07) is 0.713. The lowest BCUT2D eigenvalue weighted by molar-refractivity contribution is -0.123. The molecule has 0 bridgehead atoms. The zero-order chi connectivity index (χ0) is 13.3. The lowest BCUT2D eigenvalue weighted by Gasteiger charge is -2.29. The van der Waals surface area contributed by atoms with Crippen LogP contribution in [0.3, 0.4) is 0 Å². The van der Waals surface area contributed by atoms with Crippen LogP contribution in [-0.4, -0.2) is 34.9 Å². The molecule has 0 aliphatic carbocycles. The van der Waals surface area contributed by atoms with Gasteiger partial charge in [-0.05, 0) is 12.5 Å². The summed E-state index contributed by atoms with van der Waals surface area (Å²) in [5.74, 6) is -0.103. The molecule has 0 spiro atoms. The van der Waals surface area contributed by atoms with Gasteiger partial charge in [0.1, 0.15) is 6.10 Å². The molecule has 0 rings (SSSR count). The summed E-state index contributed by atoms with van der Waals surface area (Å²) in [5, 5.41) is 0. The van der Waals surface area contributed by atoms with Crippen molar-refractivity contribution in [2.24, 2.45) is 0 Å². The number of hydrogen-bond donors (Lipinski definition) is 0. The van der Waals surface area contributed by atoms with Gasteiger partial charge in [0.15, 0.2) is 5.78 Å². The highest BCUT2D eigenvalue weighted by atomic mass is 28.4. The van der Waals surface area contributed by atoms with E-state index in [1.165, 1.54) is 6.08 Å². The fourth-order valence-electron chi connectivity index (χ4n) is 1.62. The molecular weight excluding hydrogens is 236 g/mol. The van der Waals surface area contributed by atoms with Crippen LogP contribution in [-0.2, 0) is 18.1 Å². The Morgan fingerprint density at radius 3 is 2.24 bits per heavy atom. The fourth-order valence-corrected chi connectivity index (χ4v) is 3.78. The predicted molar refractivity (Wildman–Crippen MR) is 69.9 cm³/mol. The Balaban J connectivity index is 4.76. The Morgan fingerprint density at radius 1 is 1.29 bits per heavy atom. The van der Waals surface area contributed by atoms with Gasteiger partial charge in [0, 0.05) is 20.3 Å². The van der Waals surface area contributed by atoms with Gasteiger partial charge < -0.3 is 13.3 Å². The Labute approximate surface area is 105 Å². The van der Waals surface area contributed by atoms with Gasteiger partial charge in [0.05, 0.1) is 0 Å². The van der Waals surface area contributed by atoms with Crippen molar-refractivity contribution in [1.82, 2.24) is 0 Å². The summed E-state index contributed by atoms with van der Waals surface area (Å²) in [6.07, 6.45) is 3.24. The number of hydrogen-bond acceptors (Lipinski definition) is 4. The standard InChI is InChI=1S/C12H24O4Si/c1-6-9-12(11(13)8-3)16-17(14-4,15-5)10-7-2/h8,12H,3,6-7,9-10H2,1-2,4-5H3. The average molecular weight is 260 g/mol. The van der Waals surface area contributed by atoms with E-state index in [0.29, 0.717) is 12.5 Å². The van der Waals surface area contributed by atoms with Crippen LogP contribution in [0.1, 0.15) is 33.1 Å². The smallest absolute Gasteiger partial charge is 0.377 e. The monoisotopic (exact) mass is 260 g/mol. The first-order valence-electron chi connectivity index (χ1n) is 6.03. The molecule has 0 aromatic rings. The van der Waals surface area contributed by atoms with Crippen molar-refractivity contribution in [3.8, 4) is 0 Å².